The number of fused-ring (bicyclic) bond motifs is 2. The highest BCUT2D eigenvalue weighted by atomic mass is 16.1. The number of imidazole rings is 1. The number of aromatic amines is 1. The molecule has 5 heterocycles. The summed E-state index contributed by atoms with van der Waals surface area (Å²) in [5.74, 6) is 0.901. The third kappa shape index (κ3) is 3.11. The lowest BCUT2D eigenvalue weighted by Crippen LogP contribution is -2.46. The van der Waals surface area contributed by atoms with E-state index in [9.17, 15) is 4.79 Å². The predicted molar refractivity (Wildman–Crippen MR) is 118 cm³/mol. The third-order valence-electron chi connectivity index (χ3n) is 5.97. The van der Waals surface area contributed by atoms with E-state index in [2.05, 4.69) is 53.6 Å². The van der Waals surface area contributed by atoms with Crippen LogP contribution in [-0.2, 0) is 6.54 Å². The summed E-state index contributed by atoms with van der Waals surface area (Å²) in [7, 11) is 1.90. The summed E-state index contributed by atoms with van der Waals surface area (Å²) < 4.78 is 3.90. The van der Waals surface area contributed by atoms with Crippen molar-refractivity contribution in [2.75, 3.05) is 43.4 Å². The van der Waals surface area contributed by atoms with Gasteiger partial charge in [0, 0.05) is 63.3 Å². The van der Waals surface area contributed by atoms with Crippen molar-refractivity contribution in [1.29, 1.82) is 0 Å². The van der Waals surface area contributed by atoms with Gasteiger partial charge in [0.2, 0.25) is 0 Å². The Morgan fingerprint density at radius 2 is 1.97 bits per heavy atom. The van der Waals surface area contributed by atoms with Crippen LogP contribution in [0.4, 0.5) is 11.5 Å². The lowest BCUT2D eigenvalue weighted by Gasteiger charge is -2.36. The molecule has 4 aromatic heterocycles. The zero-order chi connectivity index (χ0) is 20.8. The van der Waals surface area contributed by atoms with Crippen molar-refractivity contribution in [3.8, 4) is 0 Å². The molecule has 1 saturated heterocycles. The summed E-state index contributed by atoms with van der Waals surface area (Å²) in [6.07, 6.45) is 3.66. The van der Waals surface area contributed by atoms with E-state index in [1.807, 2.05) is 19.4 Å². The lowest BCUT2D eigenvalue weighted by molar-refractivity contribution is 0.246. The maximum atomic E-state index is 11.8. The molecule has 1 aliphatic rings. The highest BCUT2D eigenvalue weighted by Crippen LogP contribution is 2.26. The first kappa shape index (κ1) is 18.7. The molecule has 0 unspecified atom stereocenters. The van der Waals surface area contributed by atoms with Gasteiger partial charge in [-0.3, -0.25) is 14.1 Å². The van der Waals surface area contributed by atoms with Crippen LogP contribution in [0, 0.1) is 13.8 Å². The van der Waals surface area contributed by atoms with Crippen molar-refractivity contribution in [3.63, 3.8) is 0 Å². The van der Waals surface area contributed by atoms with Crippen LogP contribution in [0.1, 0.15) is 17.0 Å². The fraction of sp³-hybridized carbons (Fsp3) is 0.381. The Kier molecular flexibility index (Phi) is 4.47. The number of hydrogen-bond acceptors (Lipinski definition) is 6. The molecule has 4 aromatic rings. The number of piperazine rings is 1. The van der Waals surface area contributed by atoms with E-state index in [1.54, 1.807) is 17.6 Å². The molecule has 0 bridgehead atoms. The predicted octanol–water partition coefficient (Wildman–Crippen LogP) is 1.65. The molecule has 156 valence electrons. The van der Waals surface area contributed by atoms with Gasteiger partial charge in [0.1, 0.15) is 12.0 Å². The molecule has 0 saturated carbocycles. The second-order valence-corrected chi connectivity index (χ2v) is 7.90. The number of nitrogens with one attached hydrogen (secondary N) is 2. The van der Waals surface area contributed by atoms with Crippen molar-refractivity contribution in [1.82, 2.24) is 28.9 Å². The standard InChI is InChI=1S/C21H26N8O/c1-14-11-29-19(24-21(14)30)10-16(25-29)12-26-6-8-27(9-7-26)17-4-5-18-20(22-3)23-13-28(18)15(17)2/h4-5,10-11,13,22H,6-9,12H2,1-3H3,(H,24,30). The van der Waals surface area contributed by atoms with Gasteiger partial charge in [-0.2, -0.15) is 5.10 Å². The van der Waals surface area contributed by atoms with Crippen LogP contribution in [0.2, 0.25) is 0 Å². The quantitative estimate of drug-likeness (QED) is 0.536. The molecule has 1 fully saturated rings. The number of aryl methyl sites for hydroxylation is 2. The smallest absolute Gasteiger partial charge is 0.254 e. The minimum atomic E-state index is -0.0605. The largest absolute Gasteiger partial charge is 0.371 e. The Morgan fingerprint density at radius 3 is 2.73 bits per heavy atom. The van der Waals surface area contributed by atoms with E-state index in [0.717, 1.165) is 55.4 Å². The summed E-state index contributed by atoms with van der Waals surface area (Å²) in [5.41, 5.74) is 5.87. The van der Waals surface area contributed by atoms with Crippen molar-refractivity contribution in [2.24, 2.45) is 0 Å². The van der Waals surface area contributed by atoms with Gasteiger partial charge in [0.15, 0.2) is 5.82 Å². The van der Waals surface area contributed by atoms with Crippen LogP contribution < -0.4 is 15.8 Å². The highest BCUT2D eigenvalue weighted by Gasteiger charge is 2.21. The maximum Gasteiger partial charge on any atom is 0.254 e. The zero-order valence-corrected chi connectivity index (χ0v) is 17.5. The Hall–Kier alpha value is -3.33. The van der Waals surface area contributed by atoms with Gasteiger partial charge in [-0.05, 0) is 26.0 Å². The van der Waals surface area contributed by atoms with Gasteiger partial charge in [-0.25, -0.2) is 9.50 Å². The molecular formula is C21H26N8O. The number of nitrogens with zero attached hydrogens (tertiary/aromatic N) is 6. The van der Waals surface area contributed by atoms with Gasteiger partial charge in [-0.1, -0.05) is 0 Å². The number of anilines is 2. The molecule has 0 radical (unpaired) electrons. The minimum Gasteiger partial charge on any atom is -0.371 e. The Bertz CT molecular complexity index is 1280. The lowest BCUT2D eigenvalue weighted by atomic mass is 10.2. The first-order valence-corrected chi connectivity index (χ1v) is 10.2. The SMILES string of the molecule is CNc1ncn2c(C)c(N3CCN(Cc4cc5[nH]c(=O)c(C)cn5n4)CC3)ccc12. The molecule has 30 heavy (non-hydrogen) atoms. The second-order valence-electron chi connectivity index (χ2n) is 7.90. The number of pyridine rings is 1. The molecule has 0 amide bonds. The van der Waals surface area contributed by atoms with Crippen molar-refractivity contribution >= 4 is 22.7 Å². The van der Waals surface area contributed by atoms with Gasteiger partial charge >= 0.3 is 0 Å². The molecular weight excluding hydrogens is 380 g/mol. The molecule has 0 aliphatic carbocycles. The normalized spacial score (nSPS) is 15.4. The number of hydrogen-bond donors (Lipinski definition) is 2. The summed E-state index contributed by atoms with van der Waals surface area (Å²) in [5, 5.41) is 7.76. The molecule has 0 atom stereocenters. The Labute approximate surface area is 173 Å². The Morgan fingerprint density at radius 1 is 1.17 bits per heavy atom. The van der Waals surface area contributed by atoms with Crippen molar-refractivity contribution < 1.29 is 0 Å². The summed E-state index contributed by atoms with van der Waals surface area (Å²) in [4.78, 5) is 24.0. The maximum absolute atomic E-state index is 11.8. The monoisotopic (exact) mass is 406 g/mol. The summed E-state index contributed by atoms with van der Waals surface area (Å²) >= 11 is 0. The van der Waals surface area contributed by atoms with Crippen molar-refractivity contribution in [3.05, 3.63) is 58.0 Å². The van der Waals surface area contributed by atoms with E-state index in [1.165, 1.54) is 11.4 Å². The van der Waals surface area contributed by atoms with Gasteiger partial charge in [0.05, 0.1) is 16.9 Å². The first-order chi connectivity index (χ1) is 14.5. The van der Waals surface area contributed by atoms with Crippen LogP contribution >= 0.6 is 0 Å². The molecule has 9 nitrogen and oxygen atoms in total. The van der Waals surface area contributed by atoms with E-state index in [0.29, 0.717) is 5.56 Å². The third-order valence-corrected chi connectivity index (χ3v) is 5.97. The fourth-order valence-electron chi connectivity index (χ4n) is 4.26. The van der Waals surface area contributed by atoms with Crippen LogP contribution in [0.3, 0.4) is 0 Å². The van der Waals surface area contributed by atoms with E-state index in [-0.39, 0.29) is 5.56 Å². The van der Waals surface area contributed by atoms with E-state index >= 15 is 0 Å². The molecule has 0 aromatic carbocycles. The molecule has 5 rings (SSSR count). The summed E-state index contributed by atoms with van der Waals surface area (Å²) in [6, 6.07) is 6.29. The van der Waals surface area contributed by atoms with Crippen molar-refractivity contribution in [2.45, 2.75) is 20.4 Å². The van der Waals surface area contributed by atoms with Gasteiger partial charge in [0.25, 0.3) is 5.56 Å². The highest BCUT2D eigenvalue weighted by molar-refractivity contribution is 5.71. The van der Waals surface area contributed by atoms with Gasteiger partial charge in [-0.15, -0.1) is 0 Å². The zero-order valence-electron chi connectivity index (χ0n) is 17.5. The number of rotatable bonds is 4. The first-order valence-electron chi connectivity index (χ1n) is 10.2. The number of aromatic nitrogens is 5. The summed E-state index contributed by atoms with van der Waals surface area (Å²) in [6.45, 7) is 8.57. The van der Waals surface area contributed by atoms with Gasteiger partial charge < -0.3 is 15.2 Å². The fourth-order valence-corrected chi connectivity index (χ4v) is 4.26. The molecule has 2 N–H and O–H groups in total. The number of H-pyrrole nitrogens is 1. The Balaban J connectivity index is 1.29. The van der Waals surface area contributed by atoms with E-state index in [4.69, 9.17) is 0 Å². The van der Waals surface area contributed by atoms with Crippen LogP contribution in [0.15, 0.2) is 35.5 Å². The van der Waals surface area contributed by atoms with E-state index < -0.39 is 0 Å². The average molecular weight is 406 g/mol. The molecule has 9 heteroatoms. The van der Waals surface area contributed by atoms with Crippen LogP contribution in [-0.4, -0.2) is 62.1 Å². The van der Waals surface area contributed by atoms with Crippen LogP contribution in [0.25, 0.3) is 11.2 Å². The molecule has 0 spiro atoms. The average Bonchev–Trinajstić information content (AvgIpc) is 3.33. The van der Waals surface area contributed by atoms with Crippen LogP contribution in [0.5, 0.6) is 0 Å². The second kappa shape index (κ2) is 7.17. The topological polar surface area (TPSA) is 86.0 Å². The minimum absolute atomic E-state index is 0.0605. The molecule has 1 aliphatic heterocycles.